The van der Waals surface area contributed by atoms with E-state index in [9.17, 15) is 9.59 Å². The van der Waals surface area contributed by atoms with E-state index in [0.29, 0.717) is 45.7 Å². The van der Waals surface area contributed by atoms with E-state index in [0.717, 1.165) is 6.54 Å². The maximum Gasteiger partial charge on any atom is 0.237 e. The largest absolute Gasteiger partial charge is 0.354 e. The average Bonchev–Trinajstić information content (AvgIpc) is 2.95. The van der Waals surface area contributed by atoms with Gasteiger partial charge >= 0.3 is 0 Å². The second kappa shape index (κ2) is 7.15. The lowest BCUT2D eigenvalue weighted by molar-refractivity contribution is -0.189. The molecule has 1 spiro atoms. The molecule has 7 heteroatoms. The first-order chi connectivity index (χ1) is 10.8. The molecule has 0 bridgehead atoms. The molecule has 23 heavy (non-hydrogen) atoms. The number of nitrogens with zero attached hydrogens (tertiary/aromatic N) is 2. The molecule has 1 N–H and O–H groups in total. The Hall–Kier alpha value is -1.18. The van der Waals surface area contributed by atoms with Crippen molar-refractivity contribution in [2.24, 2.45) is 5.41 Å². The number of carbonyl (C=O) groups excluding carboxylic acids is 2. The molecule has 0 unspecified atom stereocenters. The highest BCUT2D eigenvalue weighted by molar-refractivity contribution is 6.04. The average molecular weight is 327 g/mol. The van der Waals surface area contributed by atoms with Gasteiger partial charge in [-0.2, -0.15) is 0 Å². The van der Waals surface area contributed by atoms with Crippen molar-refractivity contribution < 1.29 is 19.1 Å². The summed E-state index contributed by atoms with van der Waals surface area (Å²) in [6.07, 6.45) is 1.33. The quantitative estimate of drug-likeness (QED) is 0.723. The molecule has 132 valence electrons. The predicted molar refractivity (Wildman–Crippen MR) is 85.8 cm³/mol. The number of nitrogens with one attached hydrogen (secondary N) is 1. The van der Waals surface area contributed by atoms with Gasteiger partial charge in [0.2, 0.25) is 11.8 Å². The van der Waals surface area contributed by atoms with Crippen LogP contribution in [0.2, 0.25) is 0 Å². The second-order valence-corrected chi connectivity index (χ2v) is 7.08. The van der Waals surface area contributed by atoms with Crippen molar-refractivity contribution in [2.45, 2.75) is 32.5 Å². The molecule has 2 amide bonds. The number of likely N-dealkylation sites (tertiary alicyclic amines) is 1. The summed E-state index contributed by atoms with van der Waals surface area (Å²) in [6.45, 7) is 7.02. The van der Waals surface area contributed by atoms with Crippen molar-refractivity contribution in [3.8, 4) is 0 Å². The van der Waals surface area contributed by atoms with E-state index in [1.54, 1.807) is 18.7 Å². The smallest absolute Gasteiger partial charge is 0.237 e. The highest BCUT2D eigenvalue weighted by Crippen LogP contribution is 2.32. The van der Waals surface area contributed by atoms with Crippen LogP contribution in [0.1, 0.15) is 26.7 Å². The molecule has 2 rings (SSSR count). The molecule has 0 radical (unpaired) electrons. The summed E-state index contributed by atoms with van der Waals surface area (Å²) in [5, 5.41) is 2.85. The monoisotopic (exact) mass is 327 g/mol. The summed E-state index contributed by atoms with van der Waals surface area (Å²) in [4.78, 5) is 28.8. The number of hydrogen-bond acceptors (Lipinski definition) is 5. The minimum atomic E-state index is -1.06. The van der Waals surface area contributed by atoms with Crippen molar-refractivity contribution >= 4 is 11.8 Å². The van der Waals surface area contributed by atoms with E-state index < -0.39 is 11.2 Å². The van der Waals surface area contributed by atoms with Crippen molar-refractivity contribution in [3.63, 3.8) is 0 Å². The summed E-state index contributed by atoms with van der Waals surface area (Å²) >= 11 is 0. The number of likely N-dealkylation sites (N-methyl/N-ethyl adjacent to an activating group) is 1. The van der Waals surface area contributed by atoms with Crippen LogP contribution in [-0.4, -0.2) is 80.9 Å². The van der Waals surface area contributed by atoms with E-state index in [1.807, 2.05) is 19.0 Å². The molecule has 0 aromatic carbocycles. The zero-order chi connectivity index (χ0) is 17.1. The minimum Gasteiger partial charge on any atom is -0.354 e. The molecular formula is C16H29N3O4. The van der Waals surface area contributed by atoms with Gasteiger partial charge in [0.1, 0.15) is 5.41 Å². The fourth-order valence-electron chi connectivity index (χ4n) is 2.94. The number of carbonyl (C=O) groups is 2. The van der Waals surface area contributed by atoms with Crippen LogP contribution in [0.15, 0.2) is 0 Å². The Balaban J connectivity index is 1.87. The first kappa shape index (κ1) is 18.2. The molecule has 0 aliphatic carbocycles. The first-order valence-electron chi connectivity index (χ1n) is 8.27. The van der Waals surface area contributed by atoms with Crippen LogP contribution in [0.25, 0.3) is 0 Å². The molecule has 0 aromatic rings. The molecule has 2 fully saturated rings. The van der Waals surface area contributed by atoms with Crippen LogP contribution in [0, 0.1) is 5.41 Å². The highest BCUT2D eigenvalue weighted by Gasteiger charge is 2.45. The molecule has 7 nitrogen and oxygen atoms in total. The van der Waals surface area contributed by atoms with Gasteiger partial charge in [0.15, 0.2) is 5.79 Å². The number of hydrogen-bond donors (Lipinski definition) is 1. The molecule has 0 aromatic heterocycles. The Morgan fingerprint density at radius 1 is 1.17 bits per heavy atom. The topological polar surface area (TPSA) is 71.1 Å². The molecule has 2 saturated heterocycles. The lowest BCUT2D eigenvalue weighted by atomic mass is 9.89. The fraction of sp³-hybridized carbons (Fsp3) is 0.875. The van der Waals surface area contributed by atoms with Crippen molar-refractivity contribution in [3.05, 3.63) is 0 Å². The van der Waals surface area contributed by atoms with Crippen LogP contribution >= 0.6 is 0 Å². The van der Waals surface area contributed by atoms with E-state index >= 15 is 0 Å². The third-order valence-electron chi connectivity index (χ3n) is 4.57. The van der Waals surface area contributed by atoms with Gasteiger partial charge in [-0.3, -0.25) is 9.59 Å². The second-order valence-electron chi connectivity index (χ2n) is 7.08. The van der Waals surface area contributed by atoms with Gasteiger partial charge in [-0.15, -0.1) is 0 Å². The molecule has 0 saturated carbocycles. The third kappa shape index (κ3) is 4.22. The lowest BCUT2D eigenvalue weighted by Gasteiger charge is -2.40. The summed E-state index contributed by atoms with van der Waals surface area (Å²) in [5.41, 5.74) is -1.06. The Labute approximate surface area is 138 Å². The van der Waals surface area contributed by atoms with E-state index in [2.05, 4.69) is 5.32 Å². The number of piperidine rings is 1. The molecule has 2 aliphatic heterocycles. The highest BCUT2D eigenvalue weighted by atomic mass is 16.7. The van der Waals surface area contributed by atoms with Gasteiger partial charge in [0, 0.05) is 39.0 Å². The third-order valence-corrected chi connectivity index (χ3v) is 4.57. The van der Waals surface area contributed by atoms with Crippen LogP contribution < -0.4 is 5.32 Å². The SMILES string of the molecule is CN(C)CCNC(=O)C(C)(C)C(=O)N1CCC2(CC1)OCCO2. The summed E-state index contributed by atoms with van der Waals surface area (Å²) in [7, 11) is 3.89. The van der Waals surface area contributed by atoms with Gasteiger partial charge < -0.3 is 24.6 Å². The Bertz CT molecular complexity index is 435. The number of amides is 2. The maximum absolute atomic E-state index is 12.7. The van der Waals surface area contributed by atoms with Crippen LogP contribution in [0.5, 0.6) is 0 Å². The summed E-state index contributed by atoms with van der Waals surface area (Å²) in [5.74, 6) is -0.861. The minimum absolute atomic E-state index is 0.132. The van der Waals surface area contributed by atoms with Gasteiger partial charge in [-0.25, -0.2) is 0 Å². The Morgan fingerprint density at radius 3 is 2.26 bits per heavy atom. The van der Waals surface area contributed by atoms with Gasteiger partial charge in [-0.1, -0.05) is 0 Å². The lowest BCUT2D eigenvalue weighted by Crippen LogP contribution is -2.54. The van der Waals surface area contributed by atoms with E-state index in [-0.39, 0.29) is 11.8 Å². The zero-order valence-corrected chi connectivity index (χ0v) is 14.7. The standard InChI is InChI=1S/C16H29N3O4/c1-15(2,13(20)17-7-10-18(3)4)14(21)19-8-5-16(6-9-19)22-11-12-23-16/h5-12H2,1-4H3,(H,17,20). The molecule has 0 atom stereocenters. The molecule has 2 aliphatic rings. The van der Waals surface area contributed by atoms with Gasteiger partial charge in [0.05, 0.1) is 13.2 Å². The van der Waals surface area contributed by atoms with Crippen LogP contribution in [0.3, 0.4) is 0 Å². The van der Waals surface area contributed by atoms with Crippen molar-refractivity contribution in [1.82, 2.24) is 15.1 Å². The molecular weight excluding hydrogens is 298 g/mol. The summed E-state index contributed by atoms with van der Waals surface area (Å²) < 4.78 is 11.3. The first-order valence-corrected chi connectivity index (χ1v) is 8.27. The Kier molecular flexibility index (Phi) is 5.65. The van der Waals surface area contributed by atoms with E-state index in [1.165, 1.54) is 0 Å². The van der Waals surface area contributed by atoms with Crippen LogP contribution in [-0.2, 0) is 19.1 Å². The van der Waals surface area contributed by atoms with Crippen LogP contribution in [0.4, 0.5) is 0 Å². The molecule has 2 heterocycles. The van der Waals surface area contributed by atoms with Crippen molar-refractivity contribution in [1.29, 1.82) is 0 Å². The van der Waals surface area contributed by atoms with Crippen molar-refractivity contribution in [2.75, 3.05) is 53.5 Å². The van der Waals surface area contributed by atoms with Gasteiger partial charge in [0.25, 0.3) is 0 Å². The normalized spacial score (nSPS) is 21.0. The van der Waals surface area contributed by atoms with Gasteiger partial charge in [-0.05, 0) is 27.9 Å². The fourth-order valence-corrected chi connectivity index (χ4v) is 2.94. The number of ether oxygens (including phenoxy) is 2. The maximum atomic E-state index is 12.7. The zero-order valence-electron chi connectivity index (χ0n) is 14.7. The van der Waals surface area contributed by atoms with E-state index in [4.69, 9.17) is 9.47 Å². The predicted octanol–water partition coefficient (Wildman–Crippen LogP) is 0.0559. The summed E-state index contributed by atoms with van der Waals surface area (Å²) in [6, 6.07) is 0. The Morgan fingerprint density at radius 2 is 1.74 bits per heavy atom. The number of rotatable bonds is 5.